The van der Waals surface area contributed by atoms with Gasteiger partial charge in [0.25, 0.3) is 0 Å². The number of aryl methyl sites for hydroxylation is 1. The topological polar surface area (TPSA) is 98.2 Å². The largest absolute Gasteiger partial charge is 0.369 e. The number of rotatable bonds is 6. The quantitative estimate of drug-likeness (QED) is 0.396. The summed E-state index contributed by atoms with van der Waals surface area (Å²) < 4.78 is 1.68. The summed E-state index contributed by atoms with van der Waals surface area (Å²) >= 11 is 13.3. The molecule has 0 saturated carbocycles. The number of nitrogens with one attached hydrogen (secondary N) is 1. The van der Waals surface area contributed by atoms with Gasteiger partial charge < -0.3 is 11.1 Å². The molecule has 0 aliphatic rings. The summed E-state index contributed by atoms with van der Waals surface area (Å²) in [5.74, 6) is 0.106. The van der Waals surface area contributed by atoms with Crippen LogP contribution in [0.2, 0.25) is 10.0 Å². The zero-order chi connectivity index (χ0) is 22.0. The van der Waals surface area contributed by atoms with Crippen LogP contribution in [0.15, 0.2) is 53.7 Å². The van der Waals surface area contributed by atoms with Gasteiger partial charge in [-0.3, -0.25) is 4.79 Å². The molecule has 7 nitrogen and oxygen atoms in total. The molecule has 1 amide bonds. The number of thioether (sulfide) groups is 1. The maximum absolute atomic E-state index is 12.4. The molecule has 0 atom stereocenters. The van der Waals surface area contributed by atoms with Gasteiger partial charge in [-0.15, -0.1) is 10.2 Å². The normalized spacial score (nSPS) is 11.1. The Balaban J connectivity index is 1.55. The van der Waals surface area contributed by atoms with E-state index >= 15 is 0 Å². The van der Waals surface area contributed by atoms with Crippen LogP contribution in [0.1, 0.15) is 16.8 Å². The van der Waals surface area contributed by atoms with Gasteiger partial charge in [-0.05, 0) is 24.6 Å². The molecule has 2 aromatic heterocycles. The van der Waals surface area contributed by atoms with Crippen molar-refractivity contribution in [2.75, 3.05) is 16.8 Å². The fourth-order valence-corrected chi connectivity index (χ4v) is 4.23. The van der Waals surface area contributed by atoms with Crippen LogP contribution in [0, 0.1) is 6.92 Å². The number of carbonyl (C=O) groups excluding carboxylic acids is 1. The van der Waals surface area contributed by atoms with Crippen molar-refractivity contribution in [1.82, 2.24) is 19.6 Å². The lowest BCUT2D eigenvalue weighted by atomic mass is 10.0. The zero-order valence-electron chi connectivity index (χ0n) is 16.5. The van der Waals surface area contributed by atoms with Crippen LogP contribution in [0.4, 0.5) is 11.6 Å². The number of hydrogen-bond donors (Lipinski definition) is 2. The highest BCUT2D eigenvalue weighted by Gasteiger charge is 2.18. The van der Waals surface area contributed by atoms with Crippen molar-refractivity contribution in [3.63, 3.8) is 0 Å². The molecule has 31 heavy (non-hydrogen) atoms. The molecule has 0 radical (unpaired) electrons. The van der Waals surface area contributed by atoms with Gasteiger partial charge >= 0.3 is 0 Å². The Morgan fingerprint density at radius 3 is 2.68 bits per heavy atom. The molecule has 3 N–H and O–H groups in total. The van der Waals surface area contributed by atoms with Crippen molar-refractivity contribution >= 4 is 58.2 Å². The van der Waals surface area contributed by atoms with E-state index in [1.54, 1.807) is 22.6 Å². The summed E-state index contributed by atoms with van der Waals surface area (Å²) in [6.45, 7) is 1.90. The predicted octanol–water partition coefficient (Wildman–Crippen LogP) is 4.64. The lowest BCUT2D eigenvalue weighted by Crippen LogP contribution is -2.15. The van der Waals surface area contributed by atoms with Crippen molar-refractivity contribution in [3.05, 3.63) is 75.4 Å². The van der Waals surface area contributed by atoms with Crippen LogP contribution in [0.25, 0.3) is 5.65 Å². The highest BCUT2D eigenvalue weighted by molar-refractivity contribution is 7.99. The van der Waals surface area contributed by atoms with E-state index in [0.29, 0.717) is 33.0 Å². The third-order valence-corrected chi connectivity index (χ3v) is 6.38. The molecule has 2 heterocycles. The van der Waals surface area contributed by atoms with Crippen LogP contribution in [-0.4, -0.2) is 31.2 Å². The molecule has 0 saturated heterocycles. The molecular formula is C21H18Cl2N6OS. The zero-order valence-corrected chi connectivity index (χ0v) is 18.8. The molecule has 0 spiro atoms. The van der Waals surface area contributed by atoms with Crippen molar-refractivity contribution in [2.45, 2.75) is 18.5 Å². The van der Waals surface area contributed by atoms with E-state index in [0.717, 1.165) is 16.8 Å². The third kappa shape index (κ3) is 4.61. The lowest BCUT2D eigenvalue weighted by molar-refractivity contribution is -0.113. The van der Waals surface area contributed by atoms with E-state index in [-0.39, 0.29) is 17.6 Å². The molecule has 10 heteroatoms. The third-order valence-electron chi connectivity index (χ3n) is 4.63. The van der Waals surface area contributed by atoms with E-state index in [9.17, 15) is 4.79 Å². The van der Waals surface area contributed by atoms with E-state index in [2.05, 4.69) is 20.5 Å². The minimum Gasteiger partial charge on any atom is -0.369 e. The minimum atomic E-state index is -0.255. The Kier molecular flexibility index (Phi) is 6.31. The van der Waals surface area contributed by atoms with Crippen LogP contribution in [0.5, 0.6) is 0 Å². The molecule has 4 aromatic rings. The van der Waals surface area contributed by atoms with Gasteiger partial charge in [0.05, 0.1) is 21.5 Å². The average Bonchev–Trinajstić information content (AvgIpc) is 3.18. The molecule has 2 aromatic carbocycles. The summed E-state index contributed by atoms with van der Waals surface area (Å²) in [5, 5.41) is 12.5. The molecule has 158 valence electrons. The van der Waals surface area contributed by atoms with Crippen LogP contribution in [0.3, 0.4) is 0 Å². The standard InChI is InChI=1S/C21H18Cl2N6OS/c1-12-14(10-13-6-3-2-4-7-13)19-27-28-21(29(19)20(24)25-12)31-11-17(30)26-16-9-5-8-15(22)18(16)23/h2-9H,10-11H2,1H3,(H2,24,25)(H,26,30). The first-order valence-electron chi connectivity index (χ1n) is 9.34. The maximum atomic E-state index is 12.4. The van der Waals surface area contributed by atoms with Gasteiger partial charge in [0.15, 0.2) is 10.8 Å². The SMILES string of the molecule is Cc1nc(N)n2c(SCC(=O)Nc3cccc(Cl)c3Cl)nnc2c1Cc1ccccc1. The van der Waals surface area contributed by atoms with Crippen LogP contribution in [-0.2, 0) is 11.2 Å². The second kappa shape index (κ2) is 9.13. The Bertz CT molecular complexity index is 1260. The average molecular weight is 473 g/mol. The number of benzene rings is 2. The Morgan fingerprint density at radius 1 is 1.13 bits per heavy atom. The summed E-state index contributed by atoms with van der Waals surface area (Å²) in [6.07, 6.45) is 0.653. The monoisotopic (exact) mass is 472 g/mol. The van der Waals surface area contributed by atoms with Crippen molar-refractivity contribution in [2.24, 2.45) is 0 Å². The first-order valence-corrected chi connectivity index (χ1v) is 11.1. The molecule has 4 rings (SSSR count). The number of nitrogens with zero attached hydrogens (tertiary/aromatic N) is 4. The summed E-state index contributed by atoms with van der Waals surface area (Å²) in [7, 11) is 0. The van der Waals surface area contributed by atoms with E-state index in [1.807, 2.05) is 37.3 Å². The molecule has 0 bridgehead atoms. The minimum absolute atomic E-state index is 0.0883. The molecule has 0 aliphatic carbocycles. The van der Waals surface area contributed by atoms with Gasteiger partial charge in [-0.2, -0.15) is 0 Å². The molecule has 0 fully saturated rings. The molecular weight excluding hydrogens is 455 g/mol. The number of amides is 1. The highest BCUT2D eigenvalue weighted by atomic mass is 35.5. The Morgan fingerprint density at radius 2 is 1.90 bits per heavy atom. The number of hydrogen-bond acceptors (Lipinski definition) is 6. The summed E-state index contributed by atoms with van der Waals surface area (Å²) in [5.41, 5.74) is 10.1. The second-order valence-electron chi connectivity index (χ2n) is 6.78. The number of carbonyl (C=O) groups is 1. The Hall–Kier alpha value is -2.81. The van der Waals surface area contributed by atoms with Crippen LogP contribution < -0.4 is 11.1 Å². The van der Waals surface area contributed by atoms with Gasteiger partial charge in [0.1, 0.15) is 0 Å². The van der Waals surface area contributed by atoms with Gasteiger partial charge in [-0.25, -0.2) is 9.38 Å². The van der Waals surface area contributed by atoms with Crippen molar-refractivity contribution < 1.29 is 4.79 Å². The number of aromatic nitrogens is 4. The van der Waals surface area contributed by atoms with Gasteiger partial charge in [-0.1, -0.05) is 71.4 Å². The van der Waals surface area contributed by atoms with E-state index < -0.39 is 0 Å². The number of halogens is 2. The van der Waals surface area contributed by atoms with Gasteiger partial charge in [0.2, 0.25) is 11.9 Å². The van der Waals surface area contributed by atoms with Crippen molar-refractivity contribution in [3.8, 4) is 0 Å². The fraction of sp³-hybridized carbons (Fsp3) is 0.143. The van der Waals surface area contributed by atoms with Crippen LogP contribution >= 0.6 is 35.0 Å². The van der Waals surface area contributed by atoms with Crippen molar-refractivity contribution in [1.29, 1.82) is 0 Å². The number of nitrogens with two attached hydrogens (primary N) is 1. The van der Waals surface area contributed by atoms with E-state index in [1.165, 1.54) is 11.8 Å². The number of fused-ring (bicyclic) bond motifs is 1. The first kappa shape index (κ1) is 21.4. The smallest absolute Gasteiger partial charge is 0.234 e. The number of nitrogen functional groups attached to an aromatic ring is 1. The van der Waals surface area contributed by atoms with Gasteiger partial charge in [0, 0.05) is 17.7 Å². The molecule has 0 aliphatic heterocycles. The first-order chi connectivity index (χ1) is 14.9. The second-order valence-corrected chi connectivity index (χ2v) is 8.50. The predicted molar refractivity (Wildman–Crippen MR) is 125 cm³/mol. The highest BCUT2D eigenvalue weighted by Crippen LogP contribution is 2.30. The Labute approximate surface area is 193 Å². The van der Waals surface area contributed by atoms with E-state index in [4.69, 9.17) is 28.9 Å². The lowest BCUT2D eigenvalue weighted by Gasteiger charge is -2.10. The number of anilines is 2. The summed E-state index contributed by atoms with van der Waals surface area (Å²) in [6, 6.07) is 15.1. The fourth-order valence-electron chi connectivity index (χ4n) is 3.14. The maximum Gasteiger partial charge on any atom is 0.234 e. The summed E-state index contributed by atoms with van der Waals surface area (Å²) in [4.78, 5) is 16.9. The molecule has 0 unspecified atom stereocenters.